The maximum atomic E-state index is 12.8. The molecule has 0 radical (unpaired) electrons. The summed E-state index contributed by atoms with van der Waals surface area (Å²) in [5.74, 6) is 0.961. The van der Waals surface area contributed by atoms with Crippen LogP contribution in [0.25, 0.3) is 11.4 Å². The van der Waals surface area contributed by atoms with E-state index in [1.807, 2.05) is 0 Å². The summed E-state index contributed by atoms with van der Waals surface area (Å²) in [6.45, 7) is -0.0535. The number of aliphatic hydroxyl groups excluding tert-OH is 1. The minimum Gasteiger partial charge on any atom is -0.493 e. The third-order valence-corrected chi connectivity index (χ3v) is 5.88. The number of ether oxygens (including phenoxy) is 3. The van der Waals surface area contributed by atoms with Crippen LogP contribution in [0.3, 0.4) is 0 Å². The Morgan fingerprint density at radius 3 is 2.50 bits per heavy atom. The Hall–Kier alpha value is -3.48. The van der Waals surface area contributed by atoms with Crippen LogP contribution in [0, 0.1) is 5.92 Å². The molecule has 0 spiro atoms. The van der Waals surface area contributed by atoms with Gasteiger partial charge in [0.25, 0.3) is 16.1 Å². The zero-order valence-corrected chi connectivity index (χ0v) is 19.3. The first-order valence-electron chi connectivity index (χ1n) is 10.6. The molecule has 0 bridgehead atoms. The van der Waals surface area contributed by atoms with Crippen LogP contribution in [0.15, 0.2) is 48.8 Å². The molecule has 180 valence electrons. The summed E-state index contributed by atoms with van der Waals surface area (Å²) < 4.78 is 47.5. The van der Waals surface area contributed by atoms with Crippen molar-refractivity contribution in [3.8, 4) is 34.5 Å². The number of hydrogen-bond acceptors (Lipinski definition) is 9. The molecule has 4 rings (SSSR count). The molecule has 0 unspecified atom stereocenters. The zero-order chi connectivity index (χ0) is 24.0. The van der Waals surface area contributed by atoms with Gasteiger partial charge in [0.1, 0.15) is 6.61 Å². The first-order chi connectivity index (χ1) is 16.5. The standard InChI is InChI=1S/C22H25N5O6S/c1-31-17-4-2-3-5-18(17)33-19-21(27-34(29,30)24-14-15-6-7-15)25-20(16-8-10-23-11-9-16)26-22(19)32-13-12-28/h2-5,8-11,15,24,28H,6-7,12-14H2,1H3,(H,25,26,27). The number of para-hydroxylation sites is 2. The number of nitrogens with one attached hydrogen (secondary N) is 2. The Bertz CT molecular complexity index is 1220. The van der Waals surface area contributed by atoms with Gasteiger partial charge in [-0.25, -0.2) is 4.98 Å². The predicted octanol–water partition coefficient (Wildman–Crippen LogP) is 2.37. The number of methoxy groups -OCH3 is 1. The van der Waals surface area contributed by atoms with Crippen LogP contribution in [-0.2, 0) is 10.2 Å². The first-order valence-corrected chi connectivity index (χ1v) is 12.1. The van der Waals surface area contributed by atoms with E-state index in [-0.39, 0.29) is 36.5 Å². The van der Waals surface area contributed by atoms with Gasteiger partial charge in [0.05, 0.1) is 13.7 Å². The molecular formula is C22H25N5O6S. The highest BCUT2D eigenvalue weighted by Crippen LogP contribution is 2.41. The normalized spacial score (nSPS) is 13.4. The molecule has 1 fully saturated rings. The van der Waals surface area contributed by atoms with Gasteiger partial charge in [-0.3, -0.25) is 9.71 Å². The second kappa shape index (κ2) is 10.6. The summed E-state index contributed by atoms with van der Waals surface area (Å²) in [6, 6.07) is 10.2. The second-order valence-corrected chi connectivity index (χ2v) is 8.99. The van der Waals surface area contributed by atoms with Crippen LogP contribution in [0.4, 0.5) is 5.82 Å². The van der Waals surface area contributed by atoms with Gasteiger partial charge in [-0.05, 0) is 43.0 Å². The third kappa shape index (κ3) is 6.10. The van der Waals surface area contributed by atoms with Gasteiger partial charge in [-0.2, -0.15) is 18.1 Å². The predicted molar refractivity (Wildman–Crippen MR) is 124 cm³/mol. The summed E-state index contributed by atoms with van der Waals surface area (Å²) in [4.78, 5) is 12.8. The van der Waals surface area contributed by atoms with Gasteiger partial charge in [0.2, 0.25) is 5.75 Å². The Morgan fingerprint density at radius 1 is 1.09 bits per heavy atom. The highest BCUT2D eigenvalue weighted by Gasteiger charge is 2.27. The number of anilines is 1. The smallest absolute Gasteiger partial charge is 0.300 e. The number of benzene rings is 1. The van der Waals surface area contributed by atoms with Crippen molar-refractivity contribution >= 4 is 16.0 Å². The van der Waals surface area contributed by atoms with Crippen molar-refractivity contribution in [3.05, 3.63) is 48.8 Å². The molecule has 2 heterocycles. The number of hydrogen-bond donors (Lipinski definition) is 3. The van der Waals surface area contributed by atoms with E-state index in [1.54, 1.807) is 48.8 Å². The highest BCUT2D eigenvalue weighted by atomic mass is 32.2. The topological polar surface area (TPSA) is 145 Å². The molecule has 1 aliphatic rings. The molecule has 0 aliphatic heterocycles. The minimum absolute atomic E-state index is 0.0540. The molecular weight excluding hydrogens is 462 g/mol. The van der Waals surface area contributed by atoms with Crippen LogP contribution in [0.5, 0.6) is 23.1 Å². The van der Waals surface area contributed by atoms with E-state index in [0.717, 1.165) is 12.8 Å². The zero-order valence-electron chi connectivity index (χ0n) is 18.5. The average molecular weight is 488 g/mol. The number of pyridine rings is 1. The summed E-state index contributed by atoms with van der Waals surface area (Å²) in [7, 11) is -2.49. The molecule has 34 heavy (non-hydrogen) atoms. The Labute approximate surface area is 197 Å². The lowest BCUT2D eigenvalue weighted by atomic mass is 10.2. The Balaban J connectivity index is 1.79. The molecule has 1 saturated carbocycles. The fraction of sp³-hybridized carbons (Fsp3) is 0.318. The Kier molecular flexibility index (Phi) is 7.40. The first kappa shape index (κ1) is 23.7. The number of aromatic nitrogens is 3. The van der Waals surface area contributed by atoms with Crippen molar-refractivity contribution in [3.63, 3.8) is 0 Å². The molecule has 0 atom stereocenters. The van der Waals surface area contributed by atoms with Crippen LogP contribution >= 0.6 is 0 Å². The molecule has 11 nitrogen and oxygen atoms in total. The molecule has 3 N–H and O–H groups in total. The van der Waals surface area contributed by atoms with Crippen LogP contribution in [0.2, 0.25) is 0 Å². The quantitative estimate of drug-likeness (QED) is 0.350. The lowest BCUT2D eigenvalue weighted by Crippen LogP contribution is -2.32. The van der Waals surface area contributed by atoms with Crippen molar-refractivity contribution in [1.82, 2.24) is 19.7 Å². The fourth-order valence-electron chi connectivity index (χ4n) is 2.99. The van der Waals surface area contributed by atoms with Gasteiger partial charge < -0.3 is 19.3 Å². The molecule has 1 aliphatic carbocycles. The fourth-order valence-corrected chi connectivity index (χ4v) is 3.91. The largest absolute Gasteiger partial charge is 0.493 e. The van der Waals surface area contributed by atoms with E-state index in [4.69, 9.17) is 14.2 Å². The van der Waals surface area contributed by atoms with Gasteiger partial charge in [0, 0.05) is 24.5 Å². The van der Waals surface area contributed by atoms with E-state index >= 15 is 0 Å². The van der Waals surface area contributed by atoms with Crippen LogP contribution in [0.1, 0.15) is 12.8 Å². The number of rotatable bonds is 12. The van der Waals surface area contributed by atoms with Crippen molar-refractivity contribution in [2.75, 3.05) is 31.6 Å². The summed E-state index contributed by atoms with van der Waals surface area (Å²) in [5, 5.41) is 9.30. The van der Waals surface area contributed by atoms with E-state index in [0.29, 0.717) is 29.5 Å². The molecule has 2 aromatic heterocycles. The van der Waals surface area contributed by atoms with Crippen molar-refractivity contribution in [2.24, 2.45) is 5.92 Å². The molecule has 0 saturated heterocycles. The van der Waals surface area contributed by atoms with Crippen molar-refractivity contribution < 1.29 is 27.7 Å². The highest BCUT2D eigenvalue weighted by molar-refractivity contribution is 7.90. The monoisotopic (exact) mass is 487 g/mol. The SMILES string of the molecule is COc1ccccc1Oc1c(NS(=O)(=O)NCC2CC2)nc(-c2ccncc2)nc1OCCO. The van der Waals surface area contributed by atoms with Crippen LogP contribution in [-0.4, -0.2) is 55.3 Å². The summed E-state index contributed by atoms with van der Waals surface area (Å²) in [6.07, 6.45) is 5.10. The lowest BCUT2D eigenvalue weighted by Gasteiger charge is -2.18. The molecule has 1 aromatic carbocycles. The molecule has 3 aromatic rings. The van der Waals surface area contributed by atoms with E-state index in [1.165, 1.54) is 7.11 Å². The lowest BCUT2D eigenvalue weighted by molar-refractivity contribution is 0.192. The summed E-state index contributed by atoms with van der Waals surface area (Å²) in [5.41, 5.74) is 0.582. The number of nitrogens with zero attached hydrogens (tertiary/aromatic N) is 3. The van der Waals surface area contributed by atoms with E-state index < -0.39 is 10.2 Å². The minimum atomic E-state index is -3.98. The average Bonchev–Trinajstić information content (AvgIpc) is 3.68. The van der Waals surface area contributed by atoms with Crippen molar-refractivity contribution in [1.29, 1.82) is 0 Å². The van der Waals surface area contributed by atoms with E-state index in [9.17, 15) is 13.5 Å². The van der Waals surface area contributed by atoms with E-state index in [2.05, 4.69) is 24.4 Å². The third-order valence-electron chi connectivity index (χ3n) is 4.87. The van der Waals surface area contributed by atoms with Gasteiger partial charge >= 0.3 is 0 Å². The maximum absolute atomic E-state index is 12.8. The molecule has 0 amide bonds. The maximum Gasteiger partial charge on any atom is 0.300 e. The van der Waals surface area contributed by atoms with Gasteiger partial charge in [0.15, 0.2) is 23.1 Å². The Morgan fingerprint density at radius 2 is 1.82 bits per heavy atom. The van der Waals surface area contributed by atoms with Gasteiger partial charge in [-0.15, -0.1) is 0 Å². The second-order valence-electron chi connectivity index (χ2n) is 7.49. The molecule has 12 heteroatoms. The van der Waals surface area contributed by atoms with Gasteiger partial charge in [-0.1, -0.05) is 12.1 Å². The number of aliphatic hydroxyl groups is 1. The summed E-state index contributed by atoms with van der Waals surface area (Å²) >= 11 is 0. The van der Waals surface area contributed by atoms with Crippen LogP contribution < -0.4 is 23.7 Å². The van der Waals surface area contributed by atoms with Crippen molar-refractivity contribution in [2.45, 2.75) is 12.8 Å².